The molecule has 2 aliphatic rings. The van der Waals surface area contributed by atoms with Crippen LogP contribution in [0.3, 0.4) is 0 Å². The van der Waals surface area contributed by atoms with Gasteiger partial charge in [-0.1, -0.05) is 18.2 Å². The van der Waals surface area contributed by atoms with E-state index in [1.807, 2.05) is 29.2 Å². The maximum atomic E-state index is 13.4. The highest BCUT2D eigenvalue weighted by Gasteiger charge is 2.33. The van der Waals surface area contributed by atoms with Gasteiger partial charge in [0.05, 0.1) is 10.9 Å². The van der Waals surface area contributed by atoms with Crippen molar-refractivity contribution in [1.82, 2.24) is 19.8 Å². The van der Waals surface area contributed by atoms with E-state index in [0.717, 1.165) is 31.2 Å². The van der Waals surface area contributed by atoms with Crippen molar-refractivity contribution < 1.29 is 9.59 Å². The fourth-order valence-electron chi connectivity index (χ4n) is 4.06. The van der Waals surface area contributed by atoms with Crippen molar-refractivity contribution in [2.75, 3.05) is 0 Å². The van der Waals surface area contributed by atoms with Crippen LogP contribution >= 0.6 is 12.2 Å². The molecule has 0 aliphatic heterocycles. The highest BCUT2D eigenvalue weighted by molar-refractivity contribution is 7.71. The highest BCUT2D eigenvalue weighted by Crippen LogP contribution is 2.30. The van der Waals surface area contributed by atoms with Gasteiger partial charge < -0.3 is 15.2 Å². The van der Waals surface area contributed by atoms with Gasteiger partial charge in [0.2, 0.25) is 0 Å². The number of hydrogen-bond donors (Lipinski definition) is 2. The molecule has 2 amide bonds. The summed E-state index contributed by atoms with van der Waals surface area (Å²) in [6.45, 7) is 4.45. The van der Waals surface area contributed by atoms with Crippen LogP contribution in [0.2, 0.25) is 0 Å². The number of nitrogens with one attached hydrogen (secondary N) is 2. The van der Waals surface area contributed by atoms with Gasteiger partial charge in [0.1, 0.15) is 0 Å². The van der Waals surface area contributed by atoms with E-state index in [9.17, 15) is 14.4 Å². The van der Waals surface area contributed by atoms with Gasteiger partial charge in [-0.25, -0.2) is 0 Å². The van der Waals surface area contributed by atoms with Gasteiger partial charge in [0, 0.05) is 36.3 Å². The first-order valence-electron chi connectivity index (χ1n) is 11.5. The fourth-order valence-corrected chi connectivity index (χ4v) is 4.32. The number of carbonyl (C=O) groups is 2. The molecule has 0 unspecified atom stereocenters. The van der Waals surface area contributed by atoms with Crippen LogP contribution in [0.1, 0.15) is 52.0 Å². The summed E-state index contributed by atoms with van der Waals surface area (Å²) < 4.78 is 1.74. The molecule has 2 fully saturated rings. The highest BCUT2D eigenvalue weighted by atomic mass is 32.1. The third-order valence-corrected chi connectivity index (χ3v) is 6.59. The minimum atomic E-state index is -0.206. The Morgan fingerprint density at radius 2 is 1.82 bits per heavy atom. The van der Waals surface area contributed by atoms with E-state index in [0.29, 0.717) is 45.9 Å². The first kappa shape index (κ1) is 22.3. The number of hydrogen-bond acceptors (Lipinski definition) is 4. The SMILES string of the molecule is C=CCn1c(=S)[nH]c2cc(C(=O)N(Cc3ccc(C(=O)NC4CC4)cc3)C3CC3)ccc2c1=O. The zero-order valence-electron chi connectivity index (χ0n) is 18.8. The van der Waals surface area contributed by atoms with E-state index in [1.54, 1.807) is 24.3 Å². The molecule has 8 heteroatoms. The number of aromatic amines is 1. The lowest BCUT2D eigenvalue weighted by molar-refractivity contribution is 0.0729. The molecule has 1 aromatic heterocycles. The van der Waals surface area contributed by atoms with E-state index in [4.69, 9.17) is 12.2 Å². The molecule has 0 saturated heterocycles. The summed E-state index contributed by atoms with van der Waals surface area (Å²) in [5, 5.41) is 3.47. The Balaban J connectivity index is 1.37. The molecule has 0 bridgehead atoms. The average Bonchev–Trinajstić information content (AvgIpc) is 3.75. The van der Waals surface area contributed by atoms with Gasteiger partial charge in [0.25, 0.3) is 17.4 Å². The summed E-state index contributed by atoms with van der Waals surface area (Å²) in [4.78, 5) is 43.4. The van der Waals surface area contributed by atoms with E-state index in [1.165, 1.54) is 4.57 Å². The summed E-state index contributed by atoms with van der Waals surface area (Å²) in [5.74, 6) is -0.139. The Labute approximate surface area is 202 Å². The zero-order chi connectivity index (χ0) is 23.8. The van der Waals surface area contributed by atoms with Crippen molar-refractivity contribution >= 4 is 34.9 Å². The summed E-state index contributed by atoms with van der Waals surface area (Å²) in [6.07, 6.45) is 5.65. The molecule has 7 nitrogen and oxygen atoms in total. The molecular weight excluding hydrogens is 448 g/mol. The summed E-state index contributed by atoms with van der Waals surface area (Å²) >= 11 is 5.32. The van der Waals surface area contributed by atoms with E-state index in [2.05, 4.69) is 16.9 Å². The average molecular weight is 475 g/mol. The van der Waals surface area contributed by atoms with E-state index in [-0.39, 0.29) is 23.4 Å². The molecule has 2 saturated carbocycles. The number of nitrogens with zero attached hydrogens (tertiary/aromatic N) is 2. The number of carbonyl (C=O) groups excluding carboxylic acids is 2. The largest absolute Gasteiger partial charge is 0.349 e. The molecular formula is C26H26N4O3S. The summed E-state index contributed by atoms with van der Waals surface area (Å²) in [7, 11) is 0. The molecule has 2 aromatic carbocycles. The van der Waals surface area contributed by atoms with Crippen LogP contribution < -0.4 is 10.9 Å². The lowest BCUT2D eigenvalue weighted by Crippen LogP contribution is -2.32. The minimum absolute atomic E-state index is 0.0511. The zero-order valence-corrected chi connectivity index (χ0v) is 19.6. The van der Waals surface area contributed by atoms with Gasteiger partial charge in [-0.05, 0) is 73.8 Å². The molecule has 0 spiro atoms. The fraction of sp³-hybridized carbons (Fsp3) is 0.308. The number of fused-ring (bicyclic) bond motifs is 1. The quantitative estimate of drug-likeness (QED) is 0.382. The molecule has 174 valence electrons. The topological polar surface area (TPSA) is 87.2 Å². The van der Waals surface area contributed by atoms with Gasteiger partial charge in [-0.2, -0.15) is 0 Å². The lowest BCUT2D eigenvalue weighted by atomic mass is 10.1. The maximum Gasteiger partial charge on any atom is 0.262 e. The van der Waals surface area contributed by atoms with Crippen LogP contribution in [0.5, 0.6) is 0 Å². The van der Waals surface area contributed by atoms with Gasteiger partial charge in [-0.15, -0.1) is 6.58 Å². The molecule has 0 radical (unpaired) electrons. The van der Waals surface area contributed by atoms with Crippen molar-refractivity contribution in [3.05, 3.63) is 86.9 Å². The molecule has 2 aliphatic carbocycles. The molecule has 34 heavy (non-hydrogen) atoms. The normalized spacial score (nSPS) is 15.2. The number of amides is 2. The van der Waals surface area contributed by atoms with Crippen LogP contribution in [0.15, 0.2) is 59.9 Å². The van der Waals surface area contributed by atoms with E-state index >= 15 is 0 Å². The molecule has 1 heterocycles. The number of aromatic nitrogens is 2. The maximum absolute atomic E-state index is 13.4. The van der Waals surface area contributed by atoms with Crippen LogP contribution in [0, 0.1) is 4.77 Å². The van der Waals surface area contributed by atoms with E-state index < -0.39 is 0 Å². The number of H-pyrrole nitrogens is 1. The second-order valence-corrected chi connectivity index (χ2v) is 9.39. The van der Waals surface area contributed by atoms with Crippen molar-refractivity contribution in [3.63, 3.8) is 0 Å². The predicted molar refractivity (Wildman–Crippen MR) is 133 cm³/mol. The predicted octanol–water partition coefficient (Wildman–Crippen LogP) is 3.94. The van der Waals surface area contributed by atoms with Gasteiger partial charge in [-0.3, -0.25) is 19.0 Å². The molecule has 3 aromatic rings. The first-order chi connectivity index (χ1) is 16.4. The van der Waals surface area contributed by atoms with Crippen molar-refractivity contribution in [2.24, 2.45) is 0 Å². The van der Waals surface area contributed by atoms with Crippen LogP contribution in [-0.4, -0.2) is 38.3 Å². The van der Waals surface area contributed by atoms with Crippen molar-refractivity contribution in [2.45, 2.75) is 50.9 Å². The Hall–Kier alpha value is -3.52. The summed E-state index contributed by atoms with van der Waals surface area (Å²) in [6, 6.07) is 13.0. The smallest absolute Gasteiger partial charge is 0.262 e. The monoisotopic (exact) mass is 474 g/mol. The van der Waals surface area contributed by atoms with Crippen LogP contribution in [0.25, 0.3) is 10.9 Å². The number of benzene rings is 2. The first-order valence-corrected chi connectivity index (χ1v) is 11.9. The third kappa shape index (κ3) is 4.59. The van der Waals surface area contributed by atoms with Crippen molar-refractivity contribution in [1.29, 1.82) is 0 Å². The second-order valence-electron chi connectivity index (χ2n) is 9.00. The Bertz CT molecular complexity index is 1400. The Kier molecular flexibility index (Phi) is 5.91. The van der Waals surface area contributed by atoms with Gasteiger partial charge in [0.15, 0.2) is 4.77 Å². The minimum Gasteiger partial charge on any atom is -0.349 e. The Morgan fingerprint density at radius 1 is 1.12 bits per heavy atom. The molecule has 0 atom stereocenters. The Morgan fingerprint density at radius 3 is 2.47 bits per heavy atom. The third-order valence-electron chi connectivity index (χ3n) is 6.27. The van der Waals surface area contributed by atoms with Crippen LogP contribution in [-0.2, 0) is 13.1 Å². The lowest BCUT2D eigenvalue weighted by Gasteiger charge is -2.23. The standard InChI is InChI=1S/C26H26N4O3S/c1-2-13-29-25(33)21-12-7-18(14-22(21)28-26(29)34)24(32)30(20-10-11-20)15-16-3-5-17(6-4-16)23(31)27-19-8-9-19/h2-7,12,14,19-20H,1,8-11,13,15H2,(H,27,31)(H,28,34). The second kappa shape index (κ2) is 9.02. The molecule has 2 N–H and O–H groups in total. The van der Waals surface area contributed by atoms with Crippen molar-refractivity contribution in [3.8, 4) is 0 Å². The summed E-state index contributed by atoms with van der Waals surface area (Å²) in [5.41, 5.74) is 2.44. The van der Waals surface area contributed by atoms with Gasteiger partial charge >= 0.3 is 0 Å². The molecule has 5 rings (SSSR count). The van der Waals surface area contributed by atoms with Crippen LogP contribution in [0.4, 0.5) is 0 Å². The number of rotatable bonds is 8. The number of allylic oxidation sites excluding steroid dienone is 1.